The Balaban J connectivity index is 1.32. The van der Waals surface area contributed by atoms with Crippen LogP contribution in [0, 0.1) is 20.8 Å². The van der Waals surface area contributed by atoms with Gasteiger partial charge in [0.15, 0.2) is 0 Å². The van der Waals surface area contributed by atoms with E-state index in [-0.39, 0.29) is 5.41 Å². The minimum Gasteiger partial charge on any atom is -0.311 e. The minimum absolute atomic E-state index is 0.348. The van der Waals surface area contributed by atoms with Crippen molar-refractivity contribution in [1.82, 2.24) is 0 Å². The molecule has 2 heteroatoms. The topological polar surface area (TPSA) is 6.48 Å². The third kappa shape index (κ3) is 5.91. The van der Waals surface area contributed by atoms with Gasteiger partial charge in [-0.2, -0.15) is 0 Å². The normalized spacial score (nSPS) is 15.5. The van der Waals surface area contributed by atoms with Crippen molar-refractivity contribution in [2.75, 3.05) is 9.80 Å². The third-order valence-corrected chi connectivity index (χ3v) is 10.6. The fraction of sp³-hybridized carbons (Fsp3) is 0.143. The van der Waals surface area contributed by atoms with E-state index in [0.717, 1.165) is 34.1 Å². The van der Waals surface area contributed by atoms with Crippen LogP contribution in [0.25, 0.3) is 5.57 Å². The predicted molar refractivity (Wildman–Crippen MR) is 219 cm³/mol. The van der Waals surface area contributed by atoms with Gasteiger partial charge in [-0.15, -0.1) is 0 Å². The highest BCUT2D eigenvalue weighted by Crippen LogP contribution is 2.55. The molecule has 0 aliphatic heterocycles. The van der Waals surface area contributed by atoms with Crippen molar-refractivity contribution >= 4 is 39.7 Å². The Labute approximate surface area is 304 Å². The van der Waals surface area contributed by atoms with Crippen LogP contribution in [-0.2, 0) is 5.41 Å². The Morgan fingerprint density at radius 2 is 0.863 bits per heavy atom. The number of benzene rings is 6. The van der Waals surface area contributed by atoms with Gasteiger partial charge in [0, 0.05) is 34.1 Å². The highest BCUT2D eigenvalue weighted by Gasteiger charge is 2.44. The van der Waals surface area contributed by atoms with Gasteiger partial charge in [-0.25, -0.2) is 0 Å². The van der Waals surface area contributed by atoms with Gasteiger partial charge in [-0.3, -0.25) is 0 Å². The molecule has 1 unspecified atom stereocenters. The second-order valence-corrected chi connectivity index (χ2v) is 13.8. The summed E-state index contributed by atoms with van der Waals surface area (Å²) in [6.45, 7) is 17.3. The number of aryl methyl sites for hydroxylation is 3. The number of anilines is 6. The zero-order valence-electron chi connectivity index (χ0n) is 30.6. The molecule has 252 valence electrons. The SMILES string of the molecule is C=CC1=C(C)C(C(C)=CC)(c2ccc(N(c3ccc(C)cc3)c3ccc(N(c4ccc(C)cc4)c4ccc(C)cc4)cc3)cc2)c2ccccc21. The average Bonchev–Trinajstić information content (AvgIpc) is 3.42. The molecular weight excluding hydrogens is 617 g/mol. The zero-order chi connectivity index (χ0) is 35.7. The van der Waals surface area contributed by atoms with Crippen LogP contribution in [-0.4, -0.2) is 0 Å². The van der Waals surface area contributed by atoms with Crippen LogP contribution in [0.2, 0.25) is 0 Å². The molecule has 6 aromatic rings. The highest BCUT2D eigenvalue weighted by molar-refractivity contribution is 5.89. The lowest BCUT2D eigenvalue weighted by Gasteiger charge is -2.36. The lowest BCUT2D eigenvalue weighted by molar-refractivity contribution is 0.721. The van der Waals surface area contributed by atoms with Gasteiger partial charge < -0.3 is 9.80 Å². The molecule has 1 atom stereocenters. The van der Waals surface area contributed by atoms with Crippen LogP contribution in [0.1, 0.15) is 54.2 Å². The van der Waals surface area contributed by atoms with Crippen LogP contribution in [0.15, 0.2) is 175 Å². The first-order chi connectivity index (χ1) is 24.8. The molecule has 0 amide bonds. The molecule has 0 heterocycles. The molecule has 1 aliphatic carbocycles. The summed E-state index contributed by atoms with van der Waals surface area (Å²) in [7, 11) is 0. The smallest absolute Gasteiger partial charge is 0.0630 e. The number of allylic oxidation sites excluding steroid dienone is 5. The Morgan fingerprint density at radius 3 is 1.24 bits per heavy atom. The van der Waals surface area contributed by atoms with E-state index < -0.39 is 0 Å². The van der Waals surface area contributed by atoms with E-state index in [4.69, 9.17) is 0 Å². The second kappa shape index (κ2) is 13.8. The van der Waals surface area contributed by atoms with E-state index in [1.165, 1.54) is 50.1 Å². The molecule has 0 aromatic heterocycles. The maximum absolute atomic E-state index is 4.22. The zero-order valence-corrected chi connectivity index (χ0v) is 30.6. The van der Waals surface area contributed by atoms with E-state index in [2.05, 4.69) is 210 Å². The molecule has 2 nitrogen and oxygen atoms in total. The first kappa shape index (κ1) is 33.6. The Kier molecular flexibility index (Phi) is 9.10. The van der Waals surface area contributed by atoms with E-state index in [1.807, 2.05) is 6.08 Å². The lowest BCUT2D eigenvalue weighted by atomic mass is 9.67. The fourth-order valence-corrected chi connectivity index (χ4v) is 7.83. The summed E-state index contributed by atoms with van der Waals surface area (Å²) in [4.78, 5) is 4.67. The van der Waals surface area contributed by atoms with Crippen molar-refractivity contribution < 1.29 is 0 Å². The van der Waals surface area contributed by atoms with Crippen LogP contribution >= 0.6 is 0 Å². The van der Waals surface area contributed by atoms with E-state index in [1.54, 1.807) is 0 Å². The third-order valence-electron chi connectivity index (χ3n) is 10.6. The molecule has 0 N–H and O–H groups in total. The van der Waals surface area contributed by atoms with Gasteiger partial charge in [0.25, 0.3) is 0 Å². The molecule has 51 heavy (non-hydrogen) atoms. The first-order valence-corrected chi connectivity index (χ1v) is 17.8. The largest absolute Gasteiger partial charge is 0.311 e. The quantitative estimate of drug-likeness (QED) is 0.142. The summed E-state index contributed by atoms with van der Waals surface area (Å²) < 4.78 is 0. The Morgan fingerprint density at radius 1 is 0.510 bits per heavy atom. The van der Waals surface area contributed by atoms with Crippen LogP contribution in [0.3, 0.4) is 0 Å². The van der Waals surface area contributed by atoms with E-state index >= 15 is 0 Å². The van der Waals surface area contributed by atoms with E-state index in [0.29, 0.717) is 0 Å². The molecule has 1 aliphatic rings. The maximum Gasteiger partial charge on any atom is 0.0630 e. The van der Waals surface area contributed by atoms with Crippen LogP contribution in [0.4, 0.5) is 34.1 Å². The molecule has 0 radical (unpaired) electrons. The predicted octanol–water partition coefficient (Wildman–Crippen LogP) is 13.8. The molecule has 0 fully saturated rings. The Bertz CT molecular complexity index is 2190. The number of rotatable bonds is 9. The summed E-state index contributed by atoms with van der Waals surface area (Å²) in [5, 5.41) is 0. The van der Waals surface area contributed by atoms with Crippen LogP contribution < -0.4 is 9.80 Å². The van der Waals surface area contributed by atoms with Gasteiger partial charge in [-0.05, 0) is 142 Å². The fourth-order valence-electron chi connectivity index (χ4n) is 7.83. The molecule has 0 spiro atoms. The summed E-state index contributed by atoms with van der Waals surface area (Å²) >= 11 is 0. The van der Waals surface area contributed by atoms with Crippen molar-refractivity contribution in [3.8, 4) is 0 Å². The lowest BCUT2D eigenvalue weighted by Crippen LogP contribution is -2.29. The molecule has 7 rings (SSSR count). The number of nitrogens with zero attached hydrogens (tertiary/aromatic N) is 2. The number of fused-ring (bicyclic) bond motifs is 1. The number of hydrogen-bond donors (Lipinski definition) is 0. The summed E-state index contributed by atoms with van der Waals surface area (Å²) in [5.41, 5.74) is 17.8. The van der Waals surface area contributed by atoms with Gasteiger partial charge in [0.1, 0.15) is 0 Å². The molecule has 0 saturated carbocycles. The monoisotopic (exact) mass is 662 g/mol. The number of hydrogen-bond acceptors (Lipinski definition) is 2. The minimum atomic E-state index is -0.348. The Hall–Kier alpha value is -5.86. The van der Waals surface area contributed by atoms with Gasteiger partial charge in [0.05, 0.1) is 5.41 Å². The molecular formula is C49H46N2. The summed E-state index contributed by atoms with van der Waals surface area (Å²) in [5.74, 6) is 0. The van der Waals surface area contributed by atoms with Crippen molar-refractivity contribution in [3.63, 3.8) is 0 Å². The van der Waals surface area contributed by atoms with Crippen LogP contribution in [0.5, 0.6) is 0 Å². The van der Waals surface area contributed by atoms with E-state index in [9.17, 15) is 0 Å². The van der Waals surface area contributed by atoms with Crippen molar-refractivity contribution in [2.24, 2.45) is 0 Å². The van der Waals surface area contributed by atoms with Crippen molar-refractivity contribution in [2.45, 2.75) is 47.0 Å². The second-order valence-electron chi connectivity index (χ2n) is 13.8. The maximum atomic E-state index is 4.22. The molecule has 0 saturated heterocycles. The van der Waals surface area contributed by atoms with Gasteiger partial charge in [-0.1, -0.05) is 114 Å². The van der Waals surface area contributed by atoms with Crippen molar-refractivity contribution in [3.05, 3.63) is 209 Å². The van der Waals surface area contributed by atoms with Gasteiger partial charge >= 0.3 is 0 Å². The highest BCUT2D eigenvalue weighted by atomic mass is 15.2. The average molecular weight is 663 g/mol. The standard InChI is InChI=1S/C49H46N2/c1-8-37(6)49(38(7)46(9-2)47-12-10-11-13-48(47)49)39-20-28-43(29-21-39)51(42-26-18-36(5)19-27-42)45-32-30-44(31-33-45)50(40-22-14-34(3)15-23-40)41-24-16-35(4)17-25-41/h8-33H,2H2,1,3-7H3. The summed E-state index contributed by atoms with van der Waals surface area (Å²) in [6.07, 6.45) is 4.28. The van der Waals surface area contributed by atoms with Gasteiger partial charge in [0.2, 0.25) is 0 Å². The van der Waals surface area contributed by atoms with Crippen molar-refractivity contribution in [1.29, 1.82) is 0 Å². The first-order valence-electron chi connectivity index (χ1n) is 17.8. The molecule has 0 bridgehead atoms. The molecule has 6 aromatic carbocycles. The summed E-state index contributed by atoms with van der Waals surface area (Å²) in [6, 6.07) is 53.2.